The zero-order valence-corrected chi connectivity index (χ0v) is 20.5. The van der Waals surface area contributed by atoms with Crippen molar-refractivity contribution in [3.8, 4) is 0 Å². The van der Waals surface area contributed by atoms with Crippen LogP contribution in [0.3, 0.4) is 0 Å². The monoisotopic (exact) mass is 441 g/mol. The third-order valence-electron chi connectivity index (χ3n) is 7.03. The highest BCUT2D eigenvalue weighted by atomic mass is 16.2. The van der Waals surface area contributed by atoms with Crippen LogP contribution in [-0.2, 0) is 16.1 Å². The van der Waals surface area contributed by atoms with Crippen LogP contribution in [0.25, 0.3) is 0 Å². The SMILES string of the molecule is CCN1CCC(C(=O)N2CCCCCCCN(C(=O)CC(C)C)c3ccccc3C2)CC1. The molecular formula is C27H43N3O2. The molecule has 2 heterocycles. The summed E-state index contributed by atoms with van der Waals surface area (Å²) in [5.74, 6) is 0.988. The molecule has 3 rings (SSSR count). The Kier molecular flexibility index (Phi) is 9.58. The molecule has 1 aromatic rings. The highest BCUT2D eigenvalue weighted by Gasteiger charge is 2.29. The summed E-state index contributed by atoms with van der Waals surface area (Å²) in [6.45, 7) is 11.7. The van der Waals surface area contributed by atoms with Gasteiger partial charge in [-0.15, -0.1) is 0 Å². The Morgan fingerprint density at radius 2 is 1.59 bits per heavy atom. The van der Waals surface area contributed by atoms with Gasteiger partial charge in [-0.25, -0.2) is 0 Å². The maximum atomic E-state index is 13.6. The first-order valence-corrected chi connectivity index (χ1v) is 12.9. The summed E-state index contributed by atoms with van der Waals surface area (Å²) in [7, 11) is 0. The molecule has 2 aliphatic rings. The first kappa shape index (κ1) is 24.8. The summed E-state index contributed by atoms with van der Waals surface area (Å²) >= 11 is 0. The largest absolute Gasteiger partial charge is 0.338 e. The van der Waals surface area contributed by atoms with E-state index in [0.29, 0.717) is 24.8 Å². The van der Waals surface area contributed by atoms with Crippen molar-refractivity contribution in [3.05, 3.63) is 29.8 Å². The van der Waals surface area contributed by atoms with Crippen molar-refractivity contribution in [2.45, 2.75) is 78.7 Å². The molecule has 0 aromatic heterocycles. The molecule has 1 saturated heterocycles. The van der Waals surface area contributed by atoms with E-state index in [2.05, 4.69) is 42.7 Å². The van der Waals surface area contributed by atoms with Gasteiger partial charge < -0.3 is 14.7 Å². The number of amides is 2. The molecule has 5 nitrogen and oxygen atoms in total. The Hall–Kier alpha value is -1.88. The second kappa shape index (κ2) is 12.4. The van der Waals surface area contributed by atoms with Crippen LogP contribution in [0.2, 0.25) is 0 Å². The molecule has 0 saturated carbocycles. The van der Waals surface area contributed by atoms with E-state index in [-0.39, 0.29) is 11.8 Å². The molecule has 0 spiro atoms. The van der Waals surface area contributed by atoms with Crippen LogP contribution in [0.15, 0.2) is 24.3 Å². The minimum absolute atomic E-state index is 0.136. The first-order chi connectivity index (χ1) is 15.5. The van der Waals surface area contributed by atoms with Gasteiger partial charge in [-0.05, 0) is 62.9 Å². The third-order valence-corrected chi connectivity index (χ3v) is 7.03. The minimum Gasteiger partial charge on any atom is -0.338 e. The standard InChI is InChI=1S/C27H43N3O2/c1-4-28-18-14-23(15-19-28)27(32)29-16-10-6-5-7-11-17-30(26(31)20-22(2)3)25-13-9-8-12-24(25)21-29/h8-9,12-13,22-23H,4-7,10-11,14-21H2,1-3H3. The van der Waals surface area contributed by atoms with Crippen molar-refractivity contribution in [2.75, 3.05) is 37.6 Å². The summed E-state index contributed by atoms with van der Waals surface area (Å²) < 4.78 is 0. The van der Waals surface area contributed by atoms with E-state index in [1.807, 2.05) is 17.0 Å². The summed E-state index contributed by atoms with van der Waals surface area (Å²) in [6, 6.07) is 8.24. The molecule has 5 heteroatoms. The van der Waals surface area contributed by atoms with E-state index in [4.69, 9.17) is 0 Å². The average molecular weight is 442 g/mol. The number of likely N-dealkylation sites (tertiary alicyclic amines) is 1. The fourth-order valence-electron chi connectivity index (χ4n) is 5.08. The van der Waals surface area contributed by atoms with E-state index >= 15 is 0 Å². The van der Waals surface area contributed by atoms with Crippen molar-refractivity contribution >= 4 is 17.5 Å². The van der Waals surface area contributed by atoms with Crippen molar-refractivity contribution in [2.24, 2.45) is 11.8 Å². The number of carbonyl (C=O) groups excluding carboxylic acids is 2. The van der Waals surface area contributed by atoms with Gasteiger partial charge in [0.15, 0.2) is 0 Å². The molecule has 0 radical (unpaired) electrons. The number of hydrogen-bond donors (Lipinski definition) is 0. The maximum Gasteiger partial charge on any atom is 0.227 e. The number of carbonyl (C=O) groups is 2. The number of para-hydroxylation sites is 1. The second-order valence-electron chi connectivity index (χ2n) is 10.0. The van der Waals surface area contributed by atoms with E-state index in [0.717, 1.165) is 82.5 Å². The Balaban J connectivity index is 1.83. The maximum absolute atomic E-state index is 13.6. The lowest BCUT2D eigenvalue weighted by Crippen LogP contribution is -2.43. The summed E-state index contributed by atoms with van der Waals surface area (Å²) in [5.41, 5.74) is 2.10. The lowest BCUT2D eigenvalue weighted by Gasteiger charge is -2.35. The molecule has 2 aliphatic heterocycles. The van der Waals surface area contributed by atoms with Gasteiger partial charge in [0, 0.05) is 37.7 Å². The number of anilines is 1. The van der Waals surface area contributed by atoms with Crippen molar-refractivity contribution in [1.82, 2.24) is 9.80 Å². The number of fused-ring (bicyclic) bond motifs is 1. The van der Waals surface area contributed by atoms with Crippen LogP contribution < -0.4 is 4.90 Å². The summed E-state index contributed by atoms with van der Waals surface area (Å²) in [4.78, 5) is 33.2. The lowest BCUT2D eigenvalue weighted by atomic mass is 9.94. The molecule has 1 fully saturated rings. The average Bonchev–Trinajstić information content (AvgIpc) is 2.78. The van der Waals surface area contributed by atoms with E-state index in [1.54, 1.807) is 0 Å². The predicted molar refractivity (Wildman–Crippen MR) is 132 cm³/mol. The molecule has 0 unspecified atom stereocenters. The van der Waals surface area contributed by atoms with Crippen molar-refractivity contribution in [1.29, 1.82) is 0 Å². The number of rotatable bonds is 4. The fourth-order valence-corrected chi connectivity index (χ4v) is 5.08. The normalized spacial score (nSPS) is 19.9. The Labute approximate surface area is 195 Å². The van der Waals surface area contributed by atoms with Gasteiger partial charge >= 0.3 is 0 Å². The summed E-state index contributed by atoms with van der Waals surface area (Å²) in [5, 5.41) is 0. The number of piperidine rings is 1. The van der Waals surface area contributed by atoms with Crippen LogP contribution >= 0.6 is 0 Å². The quantitative estimate of drug-likeness (QED) is 0.654. The number of nitrogens with zero attached hydrogens (tertiary/aromatic N) is 3. The van der Waals surface area contributed by atoms with Gasteiger partial charge in [0.2, 0.25) is 11.8 Å². The molecule has 178 valence electrons. The molecule has 0 aliphatic carbocycles. The molecular weight excluding hydrogens is 398 g/mol. The van der Waals surface area contributed by atoms with Crippen LogP contribution in [-0.4, -0.2) is 54.3 Å². The van der Waals surface area contributed by atoms with Gasteiger partial charge in [0.25, 0.3) is 0 Å². The zero-order chi connectivity index (χ0) is 22.9. The Morgan fingerprint density at radius 3 is 2.28 bits per heavy atom. The van der Waals surface area contributed by atoms with E-state index < -0.39 is 0 Å². The molecule has 1 aromatic carbocycles. The third kappa shape index (κ3) is 6.81. The zero-order valence-electron chi connectivity index (χ0n) is 20.5. The van der Waals surface area contributed by atoms with Crippen LogP contribution in [0.4, 0.5) is 5.69 Å². The van der Waals surface area contributed by atoms with Crippen molar-refractivity contribution in [3.63, 3.8) is 0 Å². The highest BCUT2D eigenvalue weighted by Crippen LogP contribution is 2.27. The second-order valence-corrected chi connectivity index (χ2v) is 10.0. The van der Waals surface area contributed by atoms with E-state index in [1.165, 1.54) is 6.42 Å². The lowest BCUT2D eigenvalue weighted by molar-refractivity contribution is -0.137. The molecule has 2 amide bonds. The molecule has 0 atom stereocenters. The van der Waals surface area contributed by atoms with Gasteiger partial charge in [-0.2, -0.15) is 0 Å². The number of hydrogen-bond acceptors (Lipinski definition) is 3. The molecule has 32 heavy (non-hydrogen) atoms. The Morgan fingerprint density at radius 1 is 0.938 bits per heavy atom. The van der Waals surface area contributed by atoms with Crippen LogP contribution in [0.5, 0.6) is 0 Å². The summed E-state index contributed by atoms with van der Waals surface area (Å²) in [6.07, 6.45) is 8.05. The minimum atomic E-state index is 0.136. The first-order valence-electron chi connectivity index (χ1n) is 12.9. The van der Waals surface area contributed by atoms with Crippen molar-refractivity contribution < 1.29 is 9.59 Å². The number of benzene rings is 1. The van der Waals surface area contributed by atoms with Gasteiger partial charge in [-0.1, -0.05) is 58.2 Å². The smallest absolute Gasteiger partial charge is 0.227 e. The topological polar surface area (TPSA) is 43.9 Å². The predicted octanol–water partition coefficient (Wildman–Crippen LogP) is 5.09. The van der Waals surface area contributed by atoms with Crippen LogP contribution in [0.1, 0.15) is 77.7 Å². The van der Waals surface area contributed by atoms with Gasteiger partial charge in [-0.3, -0.25) is 9.59 Å². The fraction of sp³-hybridized carbons (Fsp3) is 0.704. The highest BCUT2D eigenvalue weighted by molar-refractivity contribution is 5.94. The van der Waals surface area contributed by atoms with Gasteiger partial charge in [0.1, 0.15) is 0 Å². The van der Waals surface area contributed by atoms with Crippen LogP contribution in [0, 0.1) is 11.8 Å². The van der Waals surface area contributed by atoms with E-state index in [9.17, 15) is 9.59 Å². The Bertz CT molecular complexity index is 740. The molecule has 0 bridgehead atoms. The molecule has 0 N–H and O–H groups in total. The van der Waals surface area contributed by atoms with Gasteiger partial charge in [0.05, 0.1) is 0 Å².